The van der Waals surface area contributed by atoms with Crippen molar-refractivity contribution < 1.29 is 14.3 Å². The zero-order chi connectivity index (χ0) is 13.5. The van der Waals surface area contributed by atoms with Crippen LogP contribution in [0.4, 0.5) is 0 Å². The van der Waals surface area contributed by atoms with E-state index in [2.05, 4.69) is 10.7 Å². The van der Waals surface area contributed by atoms with E-state index in [0.717, 1.165) is 11.1 Å². The molecule has 0 unspecified atom stereocenters. The van der Waals surface area contributed by atoms with Crippen molar-refractivity contribution in [3.05, 3.63) is 34.9 Å². The van der Waals surface area contributed by atoms with E-state index in [4.69, 9.17) is 10.6 Å². The third kappa shape index (κ3) is 1.89. The number of hydrogen-bond donors (Lipinski definition) is 3. The molecule has 6 heteroatoms. The van der Waals surface area contributed by atoms with Gasteiger partial charge in [-0.15, -0.1) is 0 Å². The van der Waals surface area contributed by atoms with Crippen LogP contribution in [0.5, 0.6) is 0 Å². The highest BCUT2D eigenvalue weighted by Crippen LogP contribution is 2.37. The topological polar surface area (TPSA) is 93.5 Å². The summed E-state index contributed by atoms with van der Waals surface area (Å²) in [5.74, 6) is 4.86. The van der Waals surface area contributed by atoms with Crippen LogP contribution in [0.15, 0.2) is 18.2 Å². The fourth-order valence-corrected chi connectivity index (χ4v) is 2.62. The molecule has 4 N–H and O–H groups in total. The van der Waals surface area contributed by atoms with Crippen LogP contribution < -0.4 is 16.6 Å². The van der Waals surface area contributed by atoms with E-state index in [1.807, 2.05) is 18.2 Å². The van der Waals surface area contributed by atoms with Crippen molar-refractivity contribution in [1.29, 1.82) is 0 Å². The molecular formula is C13H15N3O3. The Kier molecular flexibility index (Phi) is 2.76. The third-order valence-electron chi connectivity index (χ3n) is 3.82. The lowest BCUT2D eigenvalue weighted by molar-refractivity contribution is -0.129. The number of carbonyl (C=O) groups excluding carboxylic acids is 2. The number of amides is 2. The molecule has 1 saturated heterocycles. The van der Waals surface area contributed by atoms with E-state index in [0.29, 0.717) is 25.3 Å². The van der Waals surface area contributed by atoms with E-state index in [1.165, 1.54) is 0 Å². The van der Waals surface area contributed by atoms with Crippen molar-refractivity contribution in [1.82, 2.24) is 10.7 Å². The largest absolute Gasteiger partial charge is 0.379 e. The SMILES string of the molecule is NNC(=O)CC1(c2ccc3c(c2)C(=O)NC3)COC1. The lowest BCUT2D eigenvalue weighted by Crippen LogP contribution is -2.50. The zero-order valence-electron chi connectivity index (χ0n) is 10.4. The molecule has 0 spiro atoms. The standard InChI is InChI=1S/C13H15N3O3/c14-16-11(17)4-13(6-19-7-13)9-2-1-8-5-15-12(18)10(8)3-9/h1-3H,4-7,14H2,(H,15,18)(H,16,17). The first-order chi connectivity index (χ1) is 9.14. The van der Waals surface area contributed by atoms with Gasteiger partial charge in [0.15, 0.2) is 0 Å². The van der Waals surface area contributed by atoms with Crippen LogP contribution in [0.2, 0.25) is 0 Å². The van der Waals surface area contributed by atoms with E-state index in [9.17, 15) is 9.59 Å². The lowest BCUT2D eigenvalue weighted by atomic mass is 9.75. The molecule has 6 nitrogen and oxygen atoms in total. The van der Waals surface area contributed by atoms with Gasteiger partial charge in [-0.25, -0.2) is 5.84 Å². The van der Waals surface area contributed by atoms with Crippen LogP contribution in [0.25, 0.3) is 0 Å². The maximum Gasteiger partial charge on any atom is 0.251 e. The number of nitrogens with one attached hydrogen (secondary N) is 2. The van der Waals surface area contributed by atoms with Gasteiger partial charge in [-0.1, -0.05) is 12.1 Å². The highest BCUT2D eigenvalue weighted by atomic mass is 16.5. The van der Waals surface area contributed by atoms with Crippen molar-refractivity contribution in [2.75, 3.05) is 13.2 Å². The summed E-state index contributed by atoms with van der Waals surface area (Å²) in [4.78, 5) is 23.2. The summed E-state index contributed by atoms with van der Waals surface area (Å²) >= 11 is 0. The van der Waals surface area contributed by atoms with Crippen LogP contribution in [0, 0.1) is 0 Å². The Labute approximate surface area is 110 Å². The Morgan fingerprint density at radius 1 is 1.47 bits per heavy atom. The molecule has 2 heterocycles. The van der Waals surface area contributed by atoms with E-state index < -0.39 is 0 Å². The molecule has 0 aromatic heterocycles. The summed E-state index contributed by atoms with van der Waals surface area (Å²) in [6, 6.07) is 5.76. The summed E-state index contributed by atoms with van der Waals surface area (Å²) in [5, 5.41) is 2.78. The number of hydrogen-bond acceptors (Lipinski definition) is 4. The van der Waals surface area contributed by atoms with Gasteiger partial charge in [0, 0.05) is 18.5 Å². The number of carbonyl (C=O) groups is 2. The molecule has 2 aliphatic heterocycles. The third-order valence-corrected chi connectivity index (χ3v) is 3.82. The Morgan fingerprint density at radius 2 is 2.26 bits per heavy atom. The minimum absolute atomic E-state index is 0.0597. The number of hydrazine groups is 1. The van der Waals surface area contributed by atoms with Crippen molar-refractivity contribution in [2.45, 2.75) is 18.4 Å². The number of nitrogens with two attached hydrogens (primary N) is 1. The summed E-state index contributed by atoms with van der Waals surface area (Å²) in [7, 11) is 0. The number of rotatable bonds is 3. The second-order valence-electron chi connectivity index (χ2n) is 5.07. The van der Waals surface area contributed by atoms with E-state index in [1.54, 1.807) is 0 Å². The summed E-state index contributed by atoms with van der Waals surface area (Å²) < 4.78 is 5.26. The van der Waals surface area contributed by atoms with E-state index in [-0.39, 0.29) is 23.7 Å². The highest BCUT2D eigenvalue weighted by Gasteiger charge is 2.42. The van der Waals surface area contributed by atoms with Crippen molar-refractivity contribution in [2.24, 2.45) is 5.84 Å². The van der Waals surface area contributed by atoms with Crippen LogP contribution >= 0.6 is 0 Å². The number of ether oxygens (including phenoxy) is 1. The van der Waals surface area contributed by atoms with Crippen LogP contribution in [0.1, 0.15) is 27.9 Å². The van der Waals surface area contributed by atoms with Gasteiger partial charge < -0.3 is 10.1 Å². The predicted molar refractivity (Wildman–Crippen MR) is 67.1 cm³/mol. The Bertz CT molecular complexity index is 552. The van der Waals surface area contributed by atoms with Gasteiger partial charge in [-0.3, -0.25) is 15.0 Å². The maximum absolute atomic E-state index is 11.7. The van der Waals surface area contributed by atoms with Gasteiger partial charge in [0.1, 0.15) is 0 Å². The molecule has 1 fully saturated rings. The Hall–Kier alpha value is -1.92. The fraction of sp³-hybridized carbons (Fsp3) is 0.385. The Balaban J connectivity index is 1.94. The molecule has 19 heavy (non-hydrogen) atoms. The van der Waals surface area contributed by atoms with Crippen LogP contribution in [-0.2, 0) is 21.5 Å². The molecule has 3 rings (SSSR count). The molecule has 0 bridgehead atoms. The molecule has 0 atom stereocenters. The van der Waals surface area contributed by atoms with Crippen LogP contribution in [0.3, 0.4) is 0 Å². The molecule has 1 aromatic rings. The number of fused-ring (bicyclic) bond motifs is 1. The monoisotopic (exact) mass is 261 g/mol. The average Bonchev–Trinajstić information content (AvgIpc) is 2.75. The van der Waals surface area contributed by atoms with Gasteiger partial charge in [-0.05, 0) is 17.2 Å². The van der Waals surface area contributed by atoms with Crippen LogP contribution in [-0.4, -0.2) is 25.0 Å². The maximum atomic E-state index is 11.7. The molecule has 0 radical (unpaired) electrons. The lowest BCUT2D eigenvalue weighted by Gasteiger charge is -2.41. The van der Waals surface area contributed by atoms with Gasteiger partial charge in [0.25, 0.3) is 5.91 Å². The first kappa shape index (κ1) is 12.1. The smallest absolute Gasteiger partial charge is 0.251 e. The first-order valence-corrected chi connectivity index (χ1v) is 6.13. The van der Waals surface area contributed by atoms with Crippen molar-refractivity contribution in [3.8, 4) is 0 Å². The second-order valence-corrected chi connectivity index (χ2v) is 5.07. The number of benzene rings is 1. The van der Waals surface area contributed by atoms with E-state index >= 15 is 0 Å². The average molecular weight is 261 g/mol. The Morgan fingerprint density at radius 3 is 2.89 bits per heavy atom. The summed E-state index contributed by atoms with van der Waals surface area (Å²) in [6.07, 6.45) is 0.268. The quantitative estimate of drug-likeness (QED) is 0.391. The molecular weight excluding hydrogens is 246 g/mol. The molecule has 2 amide bonds. The molecule has 2 aliphatic rings. The molecule has 1 aromatic carbocycles. The second kappa shape index (κ2) is 4.32. The summed E-state index contributed by atoms with van der Waals surface area (Å²) in [5.41, 5.74) is 4.43. The van der Waals surface area contributed by atoms with Gasteiger partial charge >= 0.3 is 0 Å². The minimum Gasteiger partial charge on any atom is -0.379 e. The predicted octanol–water partition coefficient (Wildman–Crippen LogP) is -0.422. The van der Waals surface area contributed by atoms with Gasteiger partial charge in [0.2, 0.25) is 5.91 Å². The zero-order valence-corrected chi connectivity index (χ0v) is 10.4. The highest BCUT2D eigenvalue weighted by molar-refractivity contribution is 5.98. The molecule has 100 valence electrons. The fourth-order valence-electron chi connectivity index (χ4n) is 2.62. The molecule has 0 saturated carbocycles. The normalized spacial score (nSPS) is 19.3. The van der Waals surface area contributed by atoms with Crippen molar-refractivity contribution in [3.63, 3.8) is 0 Å². The minimum atomic E-state index is -0.360. The van der Waals surface area contributed by atoms with Gasteiger partial charge in [0.05, 0.1) is 18.6 Å². The molecule has 0 aliphatic carbocycles. The van der Waals surface area contributed by atoms with Crippen molar-refractivity contribution >= 4 is 11.8 Å². The first-order valence-electron chi connectivity index (χ1n) is 6.13. The summed E-state index contributed by atoms with van der Waals surface area (Å²) in [6.45, 7) is 1.52. The van der Waals surface area contributed by atoms with Gasteiger partial charge in [-0.2, -0.15) is 0 Å².